The van der Waals surface area contributed by atoms with Crippen LogP contribution in [0.5, 0.6) is 0 Å². The molecule has 186 valence electrons. The number of hydrogen-bond donors (Lipinski definition) is 0. The van der Waals surface area contributed by atoms with Gasteiger partial charge in [0.05, 0.1) is 22.9 Å². The number of Topliss-reactive ketones (excluding diaryl/α,β-unsaturated/α-hetero) is 2. The normalized spacial score (nSPS) is 11.4. The second-order valence-electron chi connectivity index (χ2n) is 9.55. The molecule has 0 saturated heterocycles. The molecule has 0 aliphatic heterocycles. The number of nitrogens with zero attached hydrogens (tertiary/aromatic N) is 6. The van der Waals surface area contributed by atoms with Gasteiger partial charge in [-0.3, -0.25) is 14.6 Å². The molecule has 1 aromatic carbocycles. The van der Waals surface area contributed by atoms with Crippen LogP contribution in [0.25, 0.3) is 28.1 Å². The fourth-order valence-corrected chi connectivity index (χ4v) is 4.31. The van der Waals surface area contributed by atoms with Gasteiger partial charge in [0.25, 0.3) is 0 Å². The summed E-state index contributed by atoms with van der Waals surface area (Å²) in [6.45, 7) is 3.98. The molecule has 0 fully saturated rings. The molecule has 8 heteroatoms. The van der Waals surface area contributed by atoms with Crippen LogP contribution in [-0.2, 0) is 13.5 Å². The predicted molar refractivity (Wildman–Crippen MR) is 142 cm³/mol. The molecule has 4 heterocycles. The summed E-state index contributed by atoms with van der Waals surface area (Å²) in [7, 11) is 1.99. The van der Waals surface area contributed by atoms with E-state index in [0.29, 0.717) is 24.2 Å². The van der Waals surface area contributed by atoms with E-state index in [4.69, 9.17) is 4.98 Å². The van der Waals surface area contributed by atoms with E-state index in [1.54, 1.807) is 41.5 Å². The number of rotatable bonds is 9. The number of carbonyl (C=O) groups is 2. The Morgan fingerprint density at radius 2 is 1.76 bits per heavy atom. The van der Waals surface area contributed by atoms with Crippen LogP contribution >= 0.6 is 0 Å². The second-order valence-corrected chi connectivity index (χ2v) is 9.55. The Morgan fingerprint density at radius 3 is 2.51 bits per heavy atom. The maximum atomic E-state index is 12.8. The van der Waals surface area contributed by atoms with Crippen LogP contribution in [0.1, 0.15) is 53.2 Å². The van der Waals surface area contributed by atoms with Crippen LogP contribution < -0.4 is 0 Å². The van der Waals surface area contributed by atoms with Crippen molar-refractivity contribution in [3.63, 3.8) is 0 Å². The van der Waals surface area contributed by atoms with Crippen LogP contribution in [0.2, 0.25) is 0 Å². The topological polar surface area (TPSA) is 95.6 Å². The Morgan fingerprint density at radius 1 is 0.946 bits per heavy atom. The number of imidazole rings is 1. The Labute approximate surface area is 215 Å². The minimum absolute atomic E-state index is 0.0381. The molecule has 0 spiro atoms. The average molecular weight is 493 g/mol. The molecule has 0 bridgehead atoms. The molecule has 37 heavy (non-hydrogen) atoms. The lowest BCUT2D eigenvalue weighted by molar-refractivity contribution is 0.0962. The Balaban J connectivity index is 1.29. The minimum atomic E-state index is -0.0915. The van der Waals surface area contributed by atoms with Gasteiger partial charge in [-0.15, -0.1) is 0 Å². The van der Waals surface area contributed by atoms with Crippen molar-refractivity contribution in [3.05, 3.63) is 90.3 Å². The van der Waals surface area contributed by atoms with Gasteiger partial charge in [0.2, 0.25) is 0 Å². The molecule has 0 radical (unpaired) electrons. The van der Waals surface area contributed by atoms with Crippen LogP contribution in [0.15, 0.2) is 73.3 Å². The Kier molecular flexibility index (Phi) is 6.72. The fraction of sp³-hybridized carbons (Fsp3) is 0.241. The van der Waals surface area contributed by atoms with Gasteiger partial charge in [0.1, 0.15) is 17.2 Å². The molecule has 0 unspecified atom stereocenters. The van der Waals surface area contributed by atoms with Gasteiger partial charge in [0, 0.05) is 44.0 Å². The smallest absolute Gasteiger partial charge is 0.181 e. The van der Waals surface area contributed by atoms with E-state index in [9.17, 15) is 9.59 Å². The van der Waals surface area contributed by atoms with Crippen molar-refractivity contribution in [3.8, 4) is 17.1 Å². The van der Waals surface area contributed by atoms with Crippen molar-refractivity contribution in [2.24, 2.45) is 13.0 Å². The molecule has 5 rings (SSSR count). The second kappa shape index (κ2) is 10.3. The molecule has 8 nitrogen and oxygen atoms in total. The van der Waals surface area contributed by atoms with Gasteiger partial charge in [-0.1, -0.05) is 19.9 Å². The minimum Gasteiger partial charge on any atom is -0.327 e. The third-order valence-corrected chi connectivity index (χ3v) is 6.24. The van der Waals surface area contributed by atoms with E-state index in [1.165, 1.54) is 0 Å². The first kappa shape index (κ1) is 24.2. The highest BCUT2D eigenvalue weighted by molar-refractivity contribution is 5.98. The van der Waals surface area contributed by atoms with Gasteiger partial charge in [-0.25, -0.2) is 14.6 Å². The third-order valence-electron chi connectivity index (χ3n) is 6.24. The number of benzene rings is 1. The lowest BCUT2D eigenvalue weighted by Gasteiger charge is -2.05. The van der Waals surface area contributed by atoms with Crippen LogP contribution in [0.4, 0.5) is 0 Å². The van der Waals surface area contributed by atoms with Gasteiger partial charge in [-0.05, 0) is 60.4 Å². The number of aryl methyl sites for hydroxylation is 2. The van der Waals surface area contributed by atoms with Gasteiger partial charge >= 0.3 is 0 Å². The van der Waals surface area contributed by atoms with Gasteiger partial charge in [0.15, 0.2) is 11.6 Å². The van der Waals surface area contributed by atoms with Crippen LogP contribution in [-0.4, -0.2) is 40.9 Å². The number of ketones is 2. The first-order chi connectivity index (χ1) is 17.9. The van der Waals surface area contributed by atoms with E-state index >= 15 is 0 Å². The van der Waals surface area contributed by atoms with Crippen molar-refractivity contribution >= 4 is 22.6 Å². The number of carbonyl (C=O) groups excluding carboxylic acids is 2. The summed E-state index contributed by atoms with van der Waals surface area (Å²) >= 11 is 0. The van der Waals surface area contributed by atoms with Gasteiger partial charge < -0.3 is 4.57 Å². The highest BCUT2D eigenvalue weighted by Gasteiger charge is 2.15. The Bertz CT molecular complexity index is 1580. The summed E-state index contributed by atoms with van der Waals surface area (Å²) in [5.74, 6) is 0.963. The number of pyridine rings is 2. The maximum absolute atomic E-state index is 12.8. The quantitative estimate of drug-likeness (QED) is 0.261. The van der Waals surface area contributed by atoms with Crippen molar-refractivity contribution in [2.45, 2.75) is 33.1 Å². The molecule has 0 N–H and O–H groups in total. The zero-order valence-electron chi connectivity index (χ0n) is 21.1. The lowest BCUT2D eigenvalue weighted by atomic mass is 10.0. The predicted octanol–water partition coefficient (Wildman–Crippen LogP) is 5.26. The van der Waals surface area contributed by atoms with E-state index in [2.05, 4.69) is 15.1 Å². The number of hydrogen-bond acceptors (Lipinski definition) is 6. The SMILES string of the molecule is CC(C)CC(=O)c1cccc(C(=O)CCc2cnn(-c3ccc4nc(-c5cccnc5)n(C)c4c3)c2)n1. The number of aromatic nitrogens is 6. The highest BCUT2D eigenvalue weighted by atomic mass is 16.1. The van der Waals surface area contributed by atoms with E-state index in [-0.39, 0.29) is 23.9 Å². The molecular weight excluding hydrogens is 464 g/mol. The fourth-order valence-electron chi connectivity index (χ4n) is 4.31. The van der Waals surface area contributed by atoms with Crippen molar-refractivity contribution in [1.29, 1.82) is 0 Å². The molecule has 0 atom stereocenters. The van der Waals surface area contributed by atoms with Crippen molar-refractivity contribution in [2.75, 3.05) is 0 Å². The van der Waals surface area contributed by atoms with Crippen molar-refractivity contribution < 1.29 is 9.59 Å². The molecule has 5 aromatic rings. The zero-order chi connectivity index (χ0) is 25.9. The van der Waals surface area contributed by atoms with Crippen LogP contribution in [0, 0.1) is 5.92 Å². The van der Waals surface area contributed by atoms with Gasteiger partial charge in [-0.2, -0.15) is 5.10 Å². The molecular formula is C29H28N6O2. The first-order valence-corrected chi connectivity index (χ1v) is 12.3. The molecule has 0 saturated carbocycles. The average Bonchev–Trinajstić information content (AvgIpc) is 3.52. The molecule has 0 amide bonds. The molecule has 4 aromatic heterocycles. The summed E-state index contributed by atoms with van der Waals surface area (Å²) < 4.78 is 3.85. The van der Waals surface area contributed by atoms with E-state index in [0.717, 1.165) is 33.7 Å². The summed E-state index contributed by atoms with van der Waals surface area (Å²) in [5.41, 5.74) is 5.37. The summed E-state index contributed by atoms with van der Waals surface area (Å²) in [5, 5.41) is 4.51. The molecule has 0 aliphatic rings. The zero-order valence-corrected chi connectivity index (χ0v) is 21.1. The first-order valence-electron chi connectivity index (χ1n) is 12.3. The third kappa shape index (κ3) is 5.23. The van der Waals surface area contributed by atoms with E-state index < -0.39 is 0 Å². The summed E-state index contributed by atoms with van der Waals surface area (Å²) in [6, 6.07) is 15.0. The number of fused-ring (bicyclic) bond motifs is 1. The Hall–Kier alpha value is -4.46. The van der Waals surface area contributed by atoms with E-state index in [1.807, 2.05) is 62.0 Å². The largest absolute Gasteiger partial charge is 0.327 e. The monoisotopic (exact) mass is 492 g/mol. The van der Waals surface area contributed by atoms with Crippen molar-refractivity contribution in [1.82, 2.24) is 29.3 Å². The standard InChI is InChI=1S/C29H28N6O2/c1-19(2)14-28(37)25-8-4-7-24(32-25)27(36)12-9-20-16-31-35(18-20)22-10-11-23-26(15-22)34(3)29(33-23)21-6-5-13-30-17-21/h4-8,10-11,13,15-19H,9,12,14H2,1-3H3. The molecule has 0 aliphatic carbocycles. The van der Waals surface area contributed by atoms with Crippen LogP contribution in [0.3, 0.4) is 0 Å². The summed E-state index contributed by atoms with van der Waals surface area (Å²) in [6.07, 6.45) is 8.49. The highest BCUT2D eigenvalue weighted by Crippen LogP contribution is 2.25. The summed E-state index contributed by atoms with van der Waals surface area (Å²) in [4.78, 5) is 38.4. The lowest BCUT2D eigenvalue weighted by Crippen LogP contribution is -2.10. The maximum Gasteiger partial charge on any atom is 0.181 e.